The molecule has 0 unspecified atom stereocenters. The zero-order chi connectivity index (χ0) is 18.8. The lowest BCUT2D eigenvalue weighted by Gasteiger charge is -2.19. The number of nitrogens with zero attached hydrogens (tertiary/aromatic N) is 4. The number of nitrogens with one attached hydrogen (secondary N) is 1. The zero-order valence-electron chi connectivity index (χ0n) is 14.8. The largest absolute Gasteiger partial charge is 0.423 e. The molecule has 8 heteroatoms. The van der Waals surface area contributed by atoms with Gasteiger partial charge in [-0.25, -0.2) is 14.8 Å². The number of oxazole rings is 1. The number of pyridine rings is 1. The molecule has 1 aliphatic rings. The second-order valence-corrected chi connectivity index (χ2v) is 6.15. The van der Waals surface area contributed by atoms with E-state index in [1.807, 2.05) is 31.2 Å². The molecule has 0 aliphatic carbocycles. The summed E-state index contributed by atoms with van der Waals surface area (Å²) in [5, 5.41) is 12.6. The van der Waals surface area contributed by atoms with Crippen LogP contribution in [0.1, 0.15) is 5.56 Å². The highest BCUT2D eigenvalue weighted by atomic mass is 16.4. The Morgan fingerprint density at radius 2 is 2.15 bits per heavy atom. The first-order chi connectivity index (χ1) is 13.2. The highest BCUT2D eigenvalue weighted by molar-refractivity contribution is 5.93. The Balaban J connectivity index is 1.64. The number of carbonyl (C=O) groups is 1. The molecule has 8 nitrogen and oxygen atoms in total. The Hall–Kier alpha value is -3.39. The van der Waals surface area contributed by atoms with E-state index in [2.05, 4.69) is 15.3 Å². The summed E-state index contributed by atoms with van der Waals surface area (Å²) >= 11 is 0. The summed E-state index contributed by atoms with van der Waals surface area (Å²) in [7, 11) is 0. The first-order valence-electron chi connectivity index (χ1n) is 8.59. The molecule has 0 saturated carbocycles. The van der Waals surface area contributed by atoms with Crippen LogP contribution in [0.5, 0.6) is 0 Å². The topological polar surface area (TPSA) is 94.7 Å². The fourth-order valence-electron chi connectivity index (χ4n) is 3.04. The summed E-state index contributed by atoms with van der Waals surface area (Å²) < 4.78 is 5.88. The number of aromatic nitrogens is 2. The van der Waals surface area contributed by atoms with E-state index in [-0.39, 0.29) is 12.8 Å². The summed E-state index contributed by atoms with van der Waals surface area (Å²) in [5.41, 5.74) is 2.57. The Kier molecular flexibility index (Phi) is 4.47. The maximum absolute atomic E-state index is 11.8. The summed E-state index contributed by atoms with van der Waals surface area (Å²) in [5.74, 6) is 1.08. The number of urea groups is 1. The molecule has 4 rings (SSSR count). The molecule has 0 radical (unpaired) electrons. The normalized spacial score (nSPS) is 13.7. The van der Waals surface area contributed by atoms with E-state index in [9.17, 15) is 9.90 Å². The number of hydrogen-bond acceptors (Lipinski definition) is 6. The molecule has 2 amide bonds. The Labute approximate surface area is 156 Å². The van der Waals surface area contributed by atoms with Gasteiger partial charge in [0.1, 0.15) is 12.5 Å². The summed E-state index contributed by atoms with van der Waals surface area (Å²) in [4.78, 5) is 23.6. The fourth-order valence-corrected chi connectivity index (χ4v) is 3.04. The SMILES string of the molecule is Cc1ccccc1N(CO)c1ncc(-c2ccnc(N3CCNC3=O)c2)o1. The minimum absolute atomic E-state index is 0.163. The van der Waals surface area contributed by atoms with Crippen molar-refractivity contribution >= 4 is 23.6 Å². The summed E-state index contributed by atoms with van der Waals surface area (Å²) in [6, 6.07) is 11.4. The molecule has 0 atom stereocenters. The molecule has 1 fully saturated rings. The average Bonchev–Trinajstić information content (AvgIpc) is 3.33. The van der Waals surface area contributed by atoms with Crippen LogP contribution in [0.3, 0.4) is 0 Å². The van der Waals surface area contributed by atoms with Crippen LogP contribution in [0, 0.1) is 6.92 Å². The van der Waals surface area contributed by atoms with Gasteiger partial charge in [0.15, 0.2) is 5.76 Å². The second kappa shape index (κ2) is 7.08. The molecule has 3 heterocycles. The van der Waals surface area contributed by atoms with Gasteiger partial charge in [-0.15, -0.1) is 0 Å². The molecule has 1 aromatic carbocycles. The number of carbonyl (C=O) groups excluding carboxylic acids is 1. The van der Waals surface area contributed by atoms with Crippen molar-refractivity contribution in [2.45, 2.75) is 6.92 Å². The number of para-hydroxylation sites is 1. The van der Waals surface area contributed by atoms with E-state index in [4.69, 9.17) is 4.42 Å². The van der Waals surface area contributed by atoms with E-state index in [1.165, 1.54) is 0 Å². The number of amides is 2. The lowest BCUT2D eigenvalue weighted by atomic mass is 10.2. The quantitative estimate of drug-likeness (QED) is 0.675. The minimum atomic E-state index is -0.264. The first-order valence-corrected chi connectivity index (χ1v) is 8.59. The zero-order valence-corrected chi connectivity index (χ0v) is 14.8. The van der Waals surface area contributed by atoms with Crippen LogP contribution < -0.4 is 15.1 Å². The fraction of sp³-hybridized carbons (Fsp3) is 0.211. The molecule has 1 aliphatic heterocycles. The standard InChI is InChI=1S/C19H19N5O3/c1-13-4-2-3-5-15(13)24(12-25)19-22-11-16(27-19)14-6-7-20-17(10-14)23-9-8-21-18(23)26/h2-7,10-11,25H,8-9,12H2,1H3,(H,21,26). The van der Waals surface area contributed by atoms with Gasteiger partial charge in [0.25, 0.3) is 0 Å². The van der Waals surface area contributed by atoms with Crippen molar-refractivity contribution in [1.29, 1.82) is 0 Å². The Morgan fingerprint density at radius 3 is 2.89 bits per heavy atom. The number of aryl methyl sites for hydroxylation is 1. The number of aliphatic hydroxyl groups is 1. The number of anilines is 3. The van der Waals surface area contributed by atoms with Gasteiger partial charge in [0.05, 0.1) is 11.9 Å². The molecule has 27 heavy (non-hydrogen) atoms. The number of benzene rings is 1. The van der Waals surface area contributed by atoms with Crippen molar-refractivity contribution in [2.75, 3.05) is 29.6 Å². The van der Waals surface area contributed by atoms with E-state index in [0.29, 0.717) is 30.7 Å². The maximum Gasteiger partial charge on any atom is 0.323 e. The van der Waals surface area contributed by atoms with Crippen LogP contribution in [-0.2, 0) is 0 Å². The lowest BCUT2D eigenvalue weighted by molar-refractivity contribution is 0.252. The van der Waals surface area contributed by atoms with E-state index >= 15 is 0 Å². The third-order valence-corrected chi connectivity index (χ3v) is 4.44. The van der Waals surface area contributed by atoms with Gasteiger partial charge in [-0.1, -0.05) is 18.2 Å². The van der Waals surface area contributed by atoms with E-state index in [1.54, 1.807) is 34.3 Å². The van der Waals surface area contributed by atoms with E-state index in [0.717, 1.165) is 16.8 Å². The number of rotatable bonds is 5. The highest BCUT2D eigenvalue weighted by Gasteiger charge is 2.23. The third kappa shape index (κ3) is 3.22. The Bertz CT molecular complexity index is 971. The van der Waals surface area contributed by atoms with Crippen LogP contribution in [0.15, 0.2) is 53.2 Å². The molecule has 2 N–H and O–H groups in total. The van der Waals surface area contributed by atoms with Gasteiger partial charge in [-0.05, 0) is 30.7 Å². The van der Waals surface area contributed by atoms with Crippen molar-refractivity contribution in [2.24, 2.45) is 0 Å². The van der Waals surface area contributed by atoms with Crippen molar-refractivity contribution in [3.63, 3.8) is 0 Å². The predicted octanol–water partition coefficient (Wildman–Crippen LogP) is 2.66. The lowest BCUT2D eigenvalue weighted by Crippen LogP contribution is -2.28. The van der Waals surface area contributed by atoms with Crippen LogP contribution in [0.25, 0.3) is 11.3 Å². The summed E-state index contributed by atoms with van der Waals surface area (Å²) in [6.45, 7) is 2.86. The van der Waals surface area contributed by atoms with Crippen molar-refractivity contribution < 1.29 is 14.3 Å². The van der Waals surface area contributed by atoms with E-state index < -0.39 is 0 Å². The van der Waals surface area contributed by atoms with Gasteiger partial charge < -0.3 is 14.8 Å². The monoisotopic (exact) mass is 365 g/mol. The maximum atomic E-state index is 11.8. The average molecular weight is 365 g/mol. The van der Waals surface area contributed by atoms with Crippen molar-refractivity contribution in [1.82, 2.24) is 15.3 Å². The van der Waals surface area contributed by atoms with Gasteiger partial charge >= 0.3 is 12.0 Å². The minimum Gasteiger partial charge on any atom is -0.423 e. The molecule has 1 saturated heterocycles. The van der Waals surface area contributed by atoms with Gasteiger partial charge in [-0.3, -0.25) is 9.80 Å². The van der Waals surface area contributed by atoms with Crippen molar-refractivity contribution in [3.8, 4) is 11.3 Å². The number of hydrogen-bond donors (Lipinski definition) is 2. The number of aliphatic hydroxyl groups excluding tert-OH is 1. The highest BCUT2D eigenvalue weighted by Crippen LogP contribution is 2.31. The molecule has 0 bridgehead atoms. The van der Waals surface area contributed by atoms with Crippen LogP contribution in [0.4, 0.5) is 22.3 Å². The molecular weight excluding hydrogens is 346 g/mol. The molecular formula is C19H19N5O3. The third-order valence-electron chi connectivity index (χ3n) is 4.44. The van der Waals surface area contributed by atoms with Gasteiger partial charge in [0.2, 0.25) is 0 Å². The molecule has 0 spiro atoms. The smallest absolute Gasteiger partial charge is 0.323 e. The second-order valence-electron chi connectivity index (χ2n) is 6.15. The van der Waals surface area contributed by atoms with Crippen LogP contribution in [-0.4, -0.2) is 40.9 Å². The van der Waals surface area contributed by atoms with Gasteiger partial charge in [-0.2, -0.15) is 0 Å². The predicted molar refractivity (Wildman–Crippen MR) is 101 cm³/mol. The Morgan fingerprint density at radius 1 is 1.30 bits per heavy atom. The van der Waals surface area contributed by atoms with Crippen LogP contribution in [0.2, 0.25) is 0 Å². The molecule has 138 valence electrons. The first kappa shape index (κ1) is 17.0. The van der Waals surface area contributed by atoms with Gasteiger partial charge in [0, 0.05) is 24.8 Å². The molecule has 2 aromatic heterocycles. The van der Waals surface area contributed by atoms with Crippen molar-refractivity contribution in [3.05, 3.63) is 54.4 Å². The summed E-state index contributed by atoms with van der Waals surface area (Å²) in [6.07, 6.45) is 3.23. The molecule has 3 aromatic rings. The van der Waals surface area contributed by atoms with Crippen LogP contribution >= 0.6 is 0 Å².